The van der Waals surface area contributed by atoms with Crippen molar-refractivity contribution in [3.05, 3.63) is 53.1 Å². The number of carbonyl (C=O) groups excluding carboxylic acids is 2. The van der Waals surface area contributed by atoms with Gasteiger partial charge in [0.15, 0.2) is 5.16 Å². The number of halogens is 1. The first kappa shape index (κ1) is 18.3. The molecule has 0 bridgehead atoms. The molecule has 6 nitrogen and oxygen atoms in total. The number of imidazole rings is 1. The Morgan fingerprint density at radius 1 is 1.27 bits per heavy atom. The largest absolute Gasteiger partial charge is 0.462 e. The molecule has 3 aromatic rings. The first-order valence-electron chi connectivity index (χ1n) is 7.91. The first-order valence-corrected chi connectivity index (χ1v) is 9.27. The number of amides is 1. The molecule has 0 aliphatic carbocycles. The Kier molecular flexibility index (Phi) is 5.80. The average Bonchev–Trinajstić information content (AvgIpc) is 3.05. The number of hydrogen-bond acceptors (Lipinski definition) is 5. The van der Waals surface area contributed by atoms with Crippen molar-refractivity contribution >= 4 is 52.0 Å². The number of benzene rings is 2. The normalized spacial score (nSPS) is 10.7. The second-order valence-electron chi connectivity index (χ2n) is 5.31. The first-order chi connectivity index (χ1) is 12.6. The van der Waals surface area contributed by atoms with Gasteiger partial charge in [0, 0.05) is 5.69 Å². The quantitative estimate of drug-likeness (QED) is 0.489. The van der Waals surface area contributed by atoms with Gasteiger partial charge < -0.3 is 15.0 Å². The van der Waals surface area contributed by atoms with Gasteiger partial charge in [0.25, 0.3) is 0 Å². The summed E-state index contributed by atoms with van der Waals surface area (Å²) in [5, 5.41) is 3.69. The number of nitrogens with zero attached hydrogens (tertiary/aromatic N) is 1. The van der Waals surface area contributed by atoms with Crippen LogP contribution in [0.25, 0.3) is 11.0 Å². The number of fused-ring (bicyclic) bond motifs is 1. The third-order valence-electron chi connectivity index (χ3n) is 3.45. The summed E-state index contributed by atoms with van der Waals surface area (Å²) in [4.78, 5) is 31.6. The van der Waals surface area contributed by atoms with Crippen molar-refractivity contribution in [3.63, 3.8) is 0 Å². The number of ether oxygens (including phenoxy) is 1. The Bertz CT molecular complexity index is 925. The maximum absolute atomic E-state index is 12.2. The molecular formula is C18H16ClN3O3S. The molecule has 1 aromatic heterocycles. The van der Waals surface area contributed by atoms with Crippen molar-refractivity contribution in [2.45, 2.75) is 12.1 Å². The van der Waals surface area contributed by atoms with Gasteiger partial charge in [0.05, 0.1) is 34.0 Å². The number of aromatic amines is 1. The van der Waals surface area contributed by atoms with Crippen LogP contribution >= 0.6 is 23.4 Å². The van der Waals surface area contributed by atoms with Gasteiger partial charge in [-0.1, -0.05) is 35.5 Å². The van der Waals surface area contributed by atoms with Crippen LogP contribution in [0, 0.1) is 0 Å². The lowest BCUT2D eigenvalue weighted by Crippen LogP contribution is -2.15. The Balaban J connectivity index is 1.62. The minimum absolute atomic E-state index is 0.178. The molecule has 0 radical (unpaired) electrons. The van der Waals surface area contributed by atoms with E-state index in [2.05, 4.69) is 15.3 Å². The summed E-state index contributed by atoms with van der Waals surface area (Å²) in [7, 11) is 0. The lowest BCUT2D eigenvalue weighted by atomic mass is 10.2. The van der Waals surface area contributed by atoms with E-state index in [1.54, 1.807) is 19.1 Å². The summed E-state index contributed by atoms with van der Waals surface area (Å²) in [6.45, 7) is 1.96. The summed E-state index contributed by atoms with van der Waals surface area (Å²) < 4.78 is 4.95. The number of H-pyrrole nitrogens is 1. The molecular weight excluding hydrogens is 374 g/mol. The maximum atomic E-state index is 12.2. The number of nitrogens with one attached hydrogen (secondary N) is 2. The molecule has 0 aliphatic heterocycles. The Morgan fingerprint density at radius 2 is 2.08 bits per heavy atom. The van der Waals surface area contributed by atoms with Gasteiger partial charge >= 0.3 is 5.97 Å². The number of hydrogen-bond donors (Lipinski definition) is 2. The Hall–Kier alpha value is -2.51. The van der Waals surface area contributed by atoms with Crippen LogP contribution in [0.2, 0.25) is 5.02 Å². The highest BCUT2D eigenvalue weighted by molar-refractivity contribution is 7.99. The van der Waals surface area contributed by atoms with E-state index in [1.165, 1.54) is 17.8 Å². The third kappa shape index (κ3) is 4.36. The molecule has 2 N–H and O–H groups in total. The molecule has 1 amide bonds. The zero-order valence-electron chi connectivity index (χ0n) is 13.9. The Labute approximate surface area is 159 Å². The predicted molar refractivity (Wildman–Crippen MR) is 103 cm³/mol. The van der Waals surface area contributed by atoms with Crippen LogP contribution in [-0.4, -0.2) is 34.2 Å². The van der Waals surface area contributed by atoms with E-state index < -0.39 is 5.97 Å². The molecule has 0 saturated heterocycles. The van der Waals surface area contributed by atoms with Crippen LogP contribution < -0.4 is 5.32 Å². The number of anilines is 1. The highest BCUT2D eigenvalue weighted by atomic mass is 35.5. The molecule has 134 valence electrons. The van der Waals surface area contributed by atoms with Crippen molar-refractivity contribution in [2.75, 3.05) is 17.7 Å². The van der Waals surface area contributed by atoms with Crippen molar-refractivity contribution in [2.24, 2.45) is 0 Å². The van der Waals surface area contributed by atoms with Gasteiger partial charge in [0.2, 0.25) is 5.91 Å². The molecule has 0 atom stereocenters. The molecule has 0 saturated carbocycles. The Morgan fingerprint density at radius 3 is 2.85 bits per heavy atom. The minimum atomic E-state index is -0.523. The van der Waals surface area contributed by atoms with Crippen molar-refractivity contribution in [1.29, 1.82) is 0 Å². The van der Waals surface area contributed by atoms with Crippen LogP contribution in [0.4, 0.5) is 5.69 Å². The van der Waals surface area contributed by atoms with Crippen molar-refractivity contribution in [1.82, 2.24) is 9.97 Å². The number of esters is 1. The smallest absolute Gasteiger partial charge is 0.339 e. The third-order valence-corrected chi connectivity index (χ3v) is 4.66. The molecule has 26 heavy (non-hydrogen) atoms. The van der Waals surface area contributed by atoms with Gasteiger partial charge in [-0.15, -0.1) is 0 Å². The van der Waals surface area contributed by atoms with E-state index in [-0.39, 0.29) is 28.9 Å². The molecule has 2 aromatic carbocycles. The van der Waals surface area contributed by atoms with Crippen LogP contribution in [0.15, 0.2) is 47.6 Å². The van der Waals surface area contributed by atoms with Crippen LogP contribution in [0.1, 0.15) is 17.3 Å². The fraction of sp³-hybridized carbons (Fsp3) is 0.167. The number of rotatable bonds is 6. The molecule has 8 heteroatoms. The highest BCUT2D eigenvalue weighted by Gasteiger charge is 2.14. The summed E-state index contributed by atoms with van der Waals surface area (Å²) in [6.07, 6.45) is 0. The molecule has 3 rings (SSSR count). The standard InChI is InChI=1S/C18H16ClN3O3S/c1-2-25-17(24)12-9-11(7-8-13(12)19)20-16(23)10-26-18-21-14-5-3-4-6-15(14)22-18/h3-9H,2,10H2,1H3,(H,20,23)(H,21,22). The molecule has 0 fully saturated rings. The summed E-state index contributed by atoms with van der Waals surface area (Å²) in [5.74, 6) is -0.560. The zero-order valence-corrected chi connectivity index (χ0v) is 15.5. The number of thioether (sulfide) groups is 1. The van der Waals surface area contributed by atoms with E-state index in [9.17, 15) is 9.59 Å². The maximum Gasteiger partial charge on any atom is 0.339 e. The van der Waals surface area contributed by atoms with E-state index in [0.717, 1.165) is 11.0 Å². The molecule has 0 aliphatic rings. The lowest BCUT2D eigenvalue weighted by Gasteiger charge is -2.08. The van der Waals surface area contributed by atoms with Crippen LogP contribution in [-0.2, 0) is 9.53 Å². The number of aromatic nitrogens is 2. The van der Waals surface area contributed by atoms with E-state index in [4.69, 9.17) is 16.3 Å². The van der Waals surface area contributed by atoms with Gasteiger partial charge in [-0.3, -0.25) is 4.79 Å². The fourth-order valence-electron chi connectivity index (χ4n) is 2.30. The van der Waals surface area contributed by atoms with Crippen molar-refractivity contribution in [3.8, 4) is 0 Å². The van der Waals surface area contributed by atoms with Gasteiger partial charge in [-0.25, -0.2) is 9.78 Å². The topological polar surface area (TPSA) is 84.1 Å². The molecule has 0 unspecified atom stereocenters. The zero-order chi connectivity index (χ0) is 18.5. The number of carbonyl (C=O) groups is 2. The van der Waals surface area contributed by atoms with Crippen LogP contribution in [0.5, 0.6) is 0 Å². The van der Waals surface area contributed by atoms with Gasteiger partial charge in [-0.05, 0) is 37.3 Å². The second-order valence-corrected chi connectivity index (χ2v) is 6.68. The minimum Gasteiger partial charge on any atom is -0.462 e. The number of para-hydroxylation sites is 2. The summed E-state index contributed by atoms with van der Waals surface area (Å²) in [5.41, 5.74) is 2.48. The van der Waals surface area contributed by atoms with E-state index in [0.29, 0.717) is 10.8 Å². The van der Waals surface area contributed by atoms with Crippen LogP contribution in [0.3, 0.4) is 0 Å². The van der Waals surface area contributed by atoms with E-state index in [1.807, 2.05) is 24.3 Å². The lowest BCUT2D eigenvalue weighted by molar-refractivity contribution is -0.113. The molecule has 0 spiro atoms. The summed E-state index contributed by atoms with van der Waals surface area (Å²) >= 11 is 7.31. The fourth-order valence-corrected chi connectivity index (χ4v) is 3.18. The summed E-state index contributed by atoms with van der Waals surface area (Å²) in [6, 6.07) is 12.3. The van der Waals surface area contributed by atoms with Gasteiger partial charge in [-0.2, -0.15) is 0 Å². The highest BCUT2D eigenvalue weighted by Crippen LogP contribution is 2.23. The van der Waals surface area contributed by atoms with E-state index >= 15 is 0 Å². The predicted octanol–water partition coefficient (Wildman–Crippen LogP) is 4.12. The van der Waals surface area contributed by atoms with Gasteiger partial charge in [0.1, 0.15) is 0 Å². The van der Waals surface area contributed by atoms with Crippen molar-refractivity contribution < 1.29 is 14.3 Å². The SMILES string of the molecule is CCOC(=O)c1cc(NC(=O)CSc2nc3ccccc3[nH]2)ccc1Cl. The monoisotopic (exact) mass is 389 g/mol. The average molecular weight is 390 g/mol. The second kappa shape index (κ2) is 8.25. The molecule has 1 heterocycles.